The summed E-state index contributed by atoms with van der Waals surface area (Å²) in [7, 11) is 0. The van der Waals surface area contributed by atoms with Crippen molar-refractivity contribution in [2.75, 3.05) is 5.32 Å². The van der Waals surface area contributed by atoms with Gasteiger partial charge in [0, 0.05) is 22.3 Å². The number of amides is 1. The summed E-state index contributed by atoms with van der Waals surface area (Å²) in [4.78, 5) is 12.6. The average Bonchev–Trinajstić information content (AvgIpc) is 2.53. The minimum Gasteiger partial charge on any atom is -0.606 e. The van der Waals surface area contributed by atoms with E-state index < -0.39 is 29.2 Å². The number of nitrogens with one attached hydrogen (secondary N) is 1. The molecule has 0 radical (unpaired) electrons. The molecule has 0 spiro atoms. The molecule has 1 N–H and O–H groups in total. The lowest BCUT2D eigenvalue weighted by Gasteiger charge is -2.13. The number of hydrogen-bond donors (Lipinski definition) is 1. The summed E-state index contributed by atoms with van der Waals surface area (Å²) >= 11 is 4.08. The standard InChI is InChI=1S/C14H7ClF3NO3S/c15-7-1-3-11-9(5-7)13(20)19-10-6-8(22-14(16,17)18)2-4-12(10)23(11)21/h1-6H,(H,19,20). The van der Waals surface area contributed by atoms with Crippen molar-refractivity contribution in [3.8, 4) is 5.75 Å². The second-order valence-electron chi connectivity index (χ2n) is 4.57. The topological polar surface area (TPSA) is 61.4 Å². The molecule has 1 aliphatic rings. The maximum absolute atomic E-state index is 12.6. The summed E-state index contributed by atoms with van der Waals surface area (Å²) in [5.41, 5.74) is 0.0905. The number of ether oxygens (including phenoxy) is 1. The largest absolute Gasteiger partial charge is 0.606 e. The number of rotatable bonds is 1. The van der Waals surface area contributed by atoms with Gasteiger partial charge in [-0.15, -0.1) is 13.2 Å². The van der Waals surface area contributed by atoms with Crippen LogP contribution < -0.4 is 10.1 Å². The van der Waals surface area contributed by atoms with Crippen LogP contribution in [-0.4, -0.2) is 16.8 Å². The van der Waals surface area contributed by atoms with Crippen molar-refractivity contribution in [3.05, 3.63) is 47.0 Å². The minimum absolute atomic E-state index is 0.0117. The molecule has 3 rings (SSSR count). The van der Waals surface area contributed by atoms with Gasteiger partial charge in [-0.2, -0.15) is 0 Å². The third-order valence-electron chi connectivity index (χ3n) is 3.02. The van der Waals surface area contributed by atoms with Crippen molar-refractivity contribution in [1.29, 1.82) is 0 Å². The molecule has 0 fully saturated rings. The van der Waals surface area contributed by atoms with Crippen molar-refractivity contribution in [2.45, 2.75) is 16.2 Å². The van der Waals surface area contributed by atoms with Gasteiger partial charge in [0.1, 0.15) is 11.4 Å². The van der Waals surface area contributed by atoms with Crippen molar-refractivity contribution in [1.82, 2.24) is 0 Å². The number of carbonyl (C=O) groups excluding carboxylic acids is 1. The summed E-state index contributed by atoms with van der Waals surface area (Å²) in [5, 5.41) is 2.70. The average molecular weight is 362 g/mol. The molecule has 23 heavy (non-hydrogen) atoms. The van der Waals surface area contributed by atoms with Crippen LogP contribution in [0.15, 0.2) is 46.2 Å². The monoisotopic (exact) mass is 361 g/mol. The minimum atomic E-state index is -4.86. The lowest BCUT2D eigenvalue weighted by molar-refractivity contribution is -0.274. The molecule has 0 aromatic heterocycles. The van der Waals surface area contributed by atoms with Gasteiger partial charge >= 0.3 is 6.36 Å². The normalized spacial score (nSPS) is 16.9. The van der Waals surface area contributed by atoms with E-state index in [2.05, 4.69) is 10.1 Å². The van der Waals surface area contributed by atoms with Crippen molar-refractivity contribution in [3.63, 3.8) is 0 Å². The number of anilines is 1. The fraction of sp³-hybridized carbons (Fsp3) is 0.0714. The third kappa shape index (κ3) is 3.24. The lowest BCUT2D eigenvalue weighted by Crippen LogP contribution is -2.17. The molecule has 0 aliphatic carbocycles. The highest BCUT2D eigenvalue weighted by atomic mass is 35.5. The van der Waals surface area contributed by atoms with E-state index in [9.17, 15) is 22.5 Å². The van der Waals surface area contributed by atoms with Gasteiger partial charge < -0.3 is 14.6 Å². The summed E-state index contributed by atoms with van der Waals surface area (Å²) < 4.78 is 53.2. The zero-order valence-corrected chi connectivity index (χ0v) is 12.7. The summed E-state index contributed by atoms with van der Waals surface area (Å²) in [6, 6.07) is 7.52. The Bertz CT molecular complexity index is 797. The molecule has 0 bridgehead atoms. The Morgan fingerprint density at radius 1 is 1.13 bits per heavy atom. The van der Waals surface area contributed by atoms with Crippen LogP contribution in [0, 0.1) is 0 Å². The van der Waals surface area contributed by atoms with Crippen LogP contribution in [0.2, 0.25) is 5.02 Å². The zero-order valence-electron chi connectivity index (χ0n) is 11.1. The van der Waals surface area contributed by atoms with Gasteiger partial charge in [0.2, 0.25) is 0 Å². The molecule has 0 saturated heterocycles. The van der Waals surface area contributed by atoms with Crippen molar-refractivity contribution >= 4 is 34.4 Å². The first-order valence-electron chi connectivity index (χ1n) is 6.17. The highest BCUT2D eigenvalue weighted by Gasteiger charge is 2.34. The fourth-order valence-corrected chi connectivity index (χ4v) is 3.57. The predicted molar refractivity (Wildman–Crippen MR) is 77.2 cm³/mol. The second-order valence-corrected chi connectivity index (χ2v) is 6.42. The number of hydrogen-bond acceptors (Lipinski definition) is 3. The SMILES string of the molecule is O=C1Nc2cc(OC(F)(F)F)ccc2[S+]([O-])c2ccc(Cl)cc21. The smallest absolute Gasteiger partial charge is 0.573 e. The number of fused-ring (bicyclic) bond motifs is 2. The van der Waals surface area contributed by atoms with Gasteiger partial charge in [-0.05, 0) is 30.3 Å². The first kappa shape index (κ1) is 16.0. The van der Waals surface area contributed by atoms with Gasteiger partial charge in [-0.3, -0.25) is 4.79 Å². The first-order chi connectivity index (χ1) is 10.7. The summed E-state index contributed by atoms with van der Waals surface area (Å²) in [6.45, 7) is 0. The Kier molecular flexibility index (Phi) is 3.91. The molecule has 120 valence electrons. The van der Waals surface area contributed by atoms with E-state index in [1.165, 1.54) is 24.3 Å². The van der Waals surface area contributed by atoms with E-state index in [1.807, 2.05) is 0 Å². The molecule has 1 aliphatic heterocycles. The molecule has 2 aromatic carbocycles. The van der Waals surface area contributed by atoms with Gasteiger partial charge in [0.15, 0.2) is 9.79 Å². The van der Waals surface area contributed by atoms with Crippen molar-refractivity contribution in [2.24, 2.45) is 0 Å². The van der Waals surface area contributed by atoms with E-state index in [4.69, 9.17) is 11.6 Å². The Labute approximate surface area is 136 Å². The van der Waals surface area contributed by atoms with Crippen molar-refractivity contribution < 1.29 is 27.3 Å². The van der Waals surface area contributed by atoms with Gasteiger partial charge in [0.05, 0.1) is 5.56 Å². The van der Waals surface area contributed by atoms with E-state index >= 15 is 0 Å². The number of halogens is 4. The Hall–Kier alpha value is -1.90. The van der Waals surface area contributed by atoms with Gasteiger partial charge in [-0.25, -0.2) is 0 Å². The quantitative estimate of drug-likeness (QED) is 0.782. The van der Waals surface area contributed by atoms with Crippen LogP contribution in [-0.2, 0) is 11.2 Å². The molecule has 1 amide bonds. The maximum atomic E-state index is 12.6. The second kappa shape index (κ2) is 5.63. The molecule has 0 saturated carbocycles. The molecular formula is C14H7ClF3NO3S. The molecule has 1 heterocycles. The Balaban J connectivity index is 2.07. The van der Waals surface area contributed by atoms with Gasteiger partial charge in [0.25, 0.3) is 5.91 Å². The molecule has 9 heteroatoms. The summed E-state index contributed by atoms with van der Waals surface area (Å²) in [6.07, 6.45) is -4.86. The highest BCUT2D eigenvalue weighted by Crippen LogP contribution is 2.37. The first-order valence-corrected chi connectivity index (χ1v) is 7.70. The highest BCUT2D eigenvalue weighted by molar-refractivity contribution is 7.91. The number of alkyl halides is 3. The maximum Gasteiger partial charge on any atom is 0.573 e. The molecule has 4 nitrogen and oxygen atoms in total. The Morgan fingerprint density at radius 2 is 1.83 bits per heavy atom. The lowest BCUT2D eigenvalue weighted by atomic mass is 10.2. The van der Waals surface area contributed by atoms with Crippen LogP contribution in [0.3, 0.4) is 0 Å². The third-order valence-corrected chi connectivity index (χ3v) is 4.76. The zero-order chi connectivity index (χ0) is 16.8. The van der Waals surface area contributed by atoms with E-state index in [0.717, 1.165) is 12.1 Å². The van der Waals surface area contributed by atoms with Gasteiger partial charge in [-0.1, -0.05) is 11.6 Å². The van der Waals surface area contributed by atoms with E-state index in [1.54, 1.807) is 0 Å². The van der Waals surface area contributed by atoms with Crippen LogP contribution in [0.4, 0.5) is 18.9 Å². The van der Waals surface area contributed by atoms with Crippen LogP contribution in [0.1, 0.15) is 10.4 Å². The van der Waals surface area contributed by atoms with E-state index in [-0.39, 0.29) is 26.1 Å². The predicted octanol–water partition coefficient (Wildman–Crippen LogP) is 3.97. The number of benzene rings is 2. The summed E-state index contributed by atoms with van der Waals surface area (Å²) in [5.74, 6) is -1.13. The van der Waals surface area contributed by atoms with Crippen LogP contribution in [0.25, 0.3) is 0 Å². The molecule has 1 unspecified atom stereocenters. The van der Waals surface area contributed by atoms with Crippen LogP contribution >= 0.6 is 11.6 Å². The van der Waals surface area contributed by atoms with E-state index in [0.29, 0.717) is 0 Å². The molecule has 2 aromatic rings. The molecule has 1 atom stereocenters. The molecular weight excluding hydrogens is 355 g/mol. The van der Waals surface area contributed by atoms with Crippen LogP contribution in [0.5, 0.6) is 5.75 Å². The fourth-order valence-electron chi connectivity index (χ4n) is 2.11. The number of carbonyl (C=O) groups is 1. The Morgan fingerprint density at radius 3 is 2.52 bits per heavy atom.